The standard InChI is InChI=1S/C24H36N2O.ClH/c27-23-12-15-26(20-9-5-3-6-10-20)24(23)13-16-25(17-14-24)22-18-19-8-4-1-2-7-11-21(19)22;/h3,5-6,9-10,19,21-23,27H,1-2,4,7-8,11-18H2;1H. The Hall–Kier alpha value is -0.770. The van der Waals surface area contributed by atoms with Crippen LogP contribution in [0.25, 0.3) is 0 Å². The number of anilines is 1. The molecule has 2 aliphatic heterocycles. The summed E-state index contributed by atoms with van der Waals surface area (Å²) < 4.78 is 0. The van der Waals surface area contributed by atoms with Gasteiger partial charge in [0.1, 0.15) is 0 Å². The minimum atomic E-state index is -0.171. The van der Waals surface area contributed by atoms with Crippen molar-refractivity contribution < 1.29 is 5.11 Å². The normalized spacial score (nSPS) is 35.4. The van der Waals surface area contributed by atoms with Crippen molar-refractivity contribution in [1.82, 2.24) is 4.90 Å². The molecule has 1 aromatic rings. The second-order valence-corrected chi connectivity index (χ2v) is 9.65. The third-order valence-electron chi connectivity index (χ3n) is 8.49. The summed E-state index contributed by atoms with van der Waals surface area (Å²) in [6.45, 7) is 3.35. The molecule has 0 aromatic heterocycles. The van der Waals surface area contributed by atoms with E-state index < -0.39 is 0 Å². The Bertz CT molecular complexity index is 631. The van der Waals surface area contributed by atoms with E-state index >= 15 is 0 Å². The number of rotatable bonds is 2. The van der Waals surface area contributed by atoms with Crippen LogP contribution in [0.5, 0.6) is 0 Å². The average molecular weight is 405 g/mol. The molecule has 4 heteroatoms. The molecule has 5 rings (SSSR count). The lowest BCUT2D eigenvalue weighted by Gasteiger charge is -2.55. The highest BCUT2D eigenvalue weighted by atomic mass is 35.5. The lowest BCUT2D eigenvalue weighted by molar-refractivity contribution is -0.0408. The zero-order valence-corrected chi connectivity index (χ0v) is 18.0. The molecule has 4 unspecified atom stereocenters. The van der Waals surface area contributed by atoms with Crippen LogP contribution in [0, 0.1) is 11.8 Å². The summed E-state index contributed by atoms with van der Waals surface area (Å²) in [5, 5.41) is 10.9. The van der Waals surface area contributed by atoms with Crippen molar-refractivity contribution in [2.45, 2.75) is 81.9 Å². The number of piperidine rings is 1. The molecule has 0 bridgehead atoms. The fourth-order valence-corrected chi connectivity index (χ4v) is 6.86. The molecule has 4 atom stereocenters. The van der Waals surface area contributed by atoms with Crippen LogP contribution in [0.4, 0.5) is 5.69 Å². The first-order valence-electron chi connectivity index (χ1n) is 11.5. The summed E-state index contributed by atoms with van der Waals surface area (Å²) in [4.78, 5) is 5.34. The highest BCUT2D eigenvalue weighted by molar-refractivity contribution is 5.85. The van der Waals surface area contributed by atoms with E-state index in [2.05, 4.69) is 40.1 Å². The fraction of sp³-hybridized carbons (Fsp3) is 0.750. The van der Waals surface area contributed by atoms with Gasteiger partial charge in [0.25, 0.3) is 0 Å². The Morgan fingerprint density at radius 3 is 2.32 bits per heavy atom. The predicted molar refractivity (Wildman–Crippen MR) is 118 cm³/mol. The number of hydrogen-bond acceptors (Lipinski definition) is 3. The van der Waals surface area contributed by atoms with Crippen LogP contribution in [-0.2, 0) is 0 Å². The second kappa shape index (κ2) is 8.53. The van der Waals surface area contributed by atoms with Crippen molar-refractivity contribution in [3.63, 3.8) is 0 Å². The molecule has 1 spiro atoms. The van der Waals surface area contributed by atoms with E-state index in [-0.39, 0.29) is 24.0 Å². The Morgan fingerprint density at radius 2 is 1.57 bits per heavy atom. The Balaban J connectivity index is 0.00000192. The van der Waals surface area contributed by atoms with Crippen LogP contribution in [0.3, 0.4) is 0 Å². The van der Waals surface area contributed by atoms with Crippen molar-refractivity contribution in [2.24, 2.45) is 11.8 Å². The van der Waals surface area contributed by atoms with Crippen LogP contribution in [0.15, 0.2) is 30.3 Å². The van der Waals surface area contributed by atoms with Crippen molar-refractivity contribution in [3.8, 4) is 0 Å². The van der Waals surface area contributed by atoms with Gasteiger partial charge in [0.05, 0.1) is 11.6 Å². The van der Waals surface area contributed by atoms with Gasteiger partial charge in [-0.2, -0.15) is 0 Å². The van der Waals surface area contributed by atoms with Crippen LogP contribution >= 0.6 is 12.4 Å². The molecule has 4 aliphatic rings. The first-order chi connectivity index (χ1) is 13.3. The van der Waals surface area contributed by atoms with Crippen molar-refractivity contribution in [1.29, 1.82) is 0 Å². The molecule has 0 amide bonds. The highest BCUT2D eigenvalue weighted by Crippen LogP contribution is 2.48. The summed E-state index contributed by atoms with van der Waals surface area (Å²) >= 11 is 0. The number of likely N-dealkylation sites (tertiary alicyclic amines) is 1. The molecule has 2 aliphatic carbocycles. The van der Waals surface area contributed by atoms with E-state index in [0.29, 0.717) is 0 Å². The average Bonchev–Trinajstić information content (AvgIpc) is 2.99. The minimum absolute atomic E-state index is 0. The minimum Gasteiger partial charge on any atom is -0.391 e. The Kier molecular flexibility index (Phi) is 6.25. The number of halogens is 1. The van der Waals surface area contributed by atoms with Gasteiger partial charge in [-0.15, -0.1) is 12.4 Å². The molecular weight excluding hydrogens is 368 g/mol. The molecular formula is C24H37ClN2O. The van der Waals surface area contributed by atoms with Crippen molar-refractivity contribution in [3.05, 3.63) is 30.3 Å². The molecule has 2 saturated heterocycles. The molecule has 156 valence electrons. The number of benzene rings is 1. The maximum absolute atomic E-state index is 10.9. The number of aliphatic hydroxyl groups excluding tert-OH is 1. The molecule has 2 heterocycles. The maximum Gasteiger partial charge on any atom is 0.0789 e. The molecule has 28 heavy (non-hydrogen) atoms. The summed E-state index contributed by atoms with van der Waals surface area (Å²) in [7, 11) is 0. The number of fused-ring (bicyclic) bond motifs is 1. The first-order valence-corrected chi connectivity index (χ1v) is 11.5. The number of nitrogens with zero attached hydrogens (tertiary/aromatic N) is 2. The molecule has 4 fully saturated rings. The Labute approximate surface area is 176 Å². The molecule has 3 nitrogen and oxygen atoms in total. The van der Waals surface area contributed by atoms with E-state index in [1.165, 1.54) is 63.7 Å². The highest BCUT2D eigenvalue weighted by Gasteiger charge is 2.52. The van der Waals surface area contributed by atoms with Crippen LogP contribution in [-0.4, -0.2) is 47.3 Å². The van der Waals surface area contributed by atoms with Gasteiger partial charge < -0.3 is 10.0 Å². The fourth-order valence-electron chi connectivity index (χ4n) is 6.86. The van der Waals surface area contributed by atoms with E-state index in [4.69, 9.17) is 0 Å². The number of para-hydroxylation sites is 1. The van der Waals surface area contributed by atoms with E-state index in [1.807, 2.05) is 0 Å². The first kappa shape index (κ1) is 20.5. The van der Waals surface area contributed by atoms with Gasteiger partial charge in [0.2, 0.25) is 0 Å². The SMILES string of the molecule is Cl.OC1CCN(c2ccccc2)C12CCN(C1CC3CCCCCCC31)CC2. The van der Waals surface area contributed by atoms with Gasteiger partial charge >= 0.3 is 0 Å². The monoisotopic (exact) mass is 404 g/mol. The van der Waals surface area contributed by atoms with Gasteiger partial charge in [-0.3, -0.25) is 4.90 Å². The number of hydrogen-bond donors (Lipinski definition) is 1. The summed E-state index contributed by atoms with van der Waals surface area (Å²) in [6, 6.07) is 11.6. The second-order valence-electron chi connectivity index (χ2n) is 9.65. The predicted octanol–water partition coefficient (Wildman–Crippen LogP) is 4.87. The van der Waals surface area contributed by atoms with Crippen LogP contribution in [0.2, 0.25) is 0 Å². The molecule has 0 radical (unpaired) electrons. The summed E-state index contributed by atoms with van der Waals surface area (Å²) in [5.74, 6) is 1.99. The zero-order valence-electron chi connectivity index (χ0n) is 17.1. The van der Waals surface area contributed by atoms with Gasteiger partial charge in [-0.25, -0.2) is 0 Å². The molecule has 1 aromatic carbocycles. The van der Waals surface area contributed by atoms with Crippen molar-refractivity contribution >= 4 is 18.1 Å². The van der Waals surface area contributed by atoms with Crippen LogP contribution in [0.1, 0.15) is 64.2 Å². The maximum atomic E-state index is 10.9. The van der Waals surface area contributed by atoms with Gasteiger partial charge in [-0.05, 0) is 56.1 Å². The summed E-state index contributed by atoms with van der Waals surface area (Å²) in [6.07, 6.45) is 13.2. The van der Waals surface area contributed by atoms with Gasteiger partial charge in [0, 0.05) is 31.4 Å². The third kappa shape index (κ3) is 3.48. The zero-order chi connectivity index (χ0) is 18.3. The Morgan fingerprint density at radius 1 is 0.857 bits per heavy atom. The quantitative estimate of drug-likeness (QED) is 0.761. The number of aliphatic hydroxyl groups is 1. The van der Waals surface area contributed by atoms with Crippen LogP contribution < -0.4 is 4.90 Å². The summed E-state index contributed by atoms with van der Waals surface area (Å²) in [5.41, 5.74) is 1.27. The topological polar surface area (TPSA) is 26.7 Å². The third-order valence-corrected chi connectivity index (χ3v) is 8.49. The van der Waals surface area contributed by atoms with E-state index in [1.54, 1.807) is 0 Å². The molecule has 2 saturated carbocycles. The lowest BCUT2D eigenvalue weighted by atomic mass is 9.63. The van der Waals surface area contributed by atoms with E-state index in [0.717, 1.165) is 43.7 Å². The largest absolute Gasteiger partial charge is 0.391 e. The lowest BCUT2D eigenvalue weighted by Crippen LogP contribution is -2.62. The smallest absolute Gasteiger partial charge is 0.0789 e. The van der Waals surface area contributed by atoms with Crippen molar-refractivity contribution in [2.75, 3.05) is 24.5 Å². The van der Waals surface area contributed by atoms with Gasteiger partial charge in [0.15, 0.2) is 0 Å². The van der Waals surface area contributed by atoms with Gasteiger partial charge in [-0.1, -0.05) is 50.3 Å². The van der Waals surface area contributed by atoms with E-state index in [9.17, 15) is 5.11 Å². The molecule has 1 N–H and O–H groups in total.